The smallest absolute Gasteiger partial charge is 0.549 e. The summed E-state index contributed by atoms with van der Waals surface area (Å²) in [7, 11) is 1.58. The molecular formula is C23H18KN3O3S. The van der Waals surface area contributed by atoms with Crippen LogP contribution in [0.1, 0.15) is 19.4 Å². The van der Waals surface area contributed by atoms with Gasteiger partial charge < -0.3 is 14.6 Å². The van der Waals surface area contributed by atoms with E-state index < -0.39 is 10.7 Å². The van der Waals surface area contributed by atoms with Crippen molar-refractivity contribution >= 4 is 39.5 Å². The average Bonchev–Trinajstić information content (AvgIpc) is 3.08. The van der Waals surface area contributed by atoms with Crippen LogP contribution in [-0.2, 0) is 4.79 Å². The van der Waals surface area contributed by atoms with Gasteiger partial charge in [0.1, 0.15) is 5.75 Å². The largest absolute Gasteiger partial charge is 1.00 e. The number of hydrogen-bond donors (Lipinski definition) is 0. The van der Waals surface area contributed by atoms with Crippen molar-refractivity contribution in [1.82, 2.24) is 9.55 Å². The zero-order chi connectivity index (χ0) is 21.5. The minimum absolute atomic E-state index is 0. The summed E-state index contributed by atoms with van der Waals surface area (Å²) in [6, 6.07) is 19.0. The van der Waals surface area contributed by atoms with Crippen molar-refractivity contribution < 1.29 is 66.0 Å². The monoisotopic (exact) mass is 455 g/mol. The number of nitrogens with zero attached hydrogens (tertiary/aromatic N) is 3. The van der Waals surface area contributed by atoms with E-state index in [0.717, 1.165) is 33.7 Å². The molecule has 0 radical (unpaired) electrons. The van der Waals surface area contributed by atoms with Gasteiger partial charge in [-0.1, -0.05) is 36.0 Å². The second-order valence-electron chi connectivity index (χ2n) is 7.27. The summed E-state index contributed by atoms with van der Waals surface area (Å²) in [5.41, 5.74) is 2.88. The van der Waals surface area contributed by atoms with E-state index in [1.807, 2.05) is 53.1 Å². The molecule has 0 atom stereocenters. The minimum Gasteiger partial charge on any atom is -0.549 e. The number of hydrogen-bond acceptors (Lipinski definition) is 6. The van der Waals surface area contributed by atoms with Crippen LogP contribution >= 0.6 is 11.8 Å². The van der Waals surface area contributed by atoms with Crippen LogP contribution in [-0.4, -0.2) is 27.4 Å². The van der Waals surface area contributed by atoms with Crippen LogP contribution in [0.5, 0.6) is 5.75 Å². The summed E-state index contributed by atoms with van der Waals surface area (Å²) < 4.78 is 6.06. The first-order chi connectivity index (χ1) is 14.4. The Morgan fingerprint density at radius 1 is 1.16 bits per heavy atom. The van der Waals surface area contributed by atoms with Gasteiger partial charge in [0, 0.05) is 16.8 Å². The predicted octanol–water partition coefficient (Wildman–Crippen LogP) is 0.684. The van der Waals surface area contributed by atoms with Crippen LogP contribution in [0.2, 0.25) is 0 Å². The average molecular weight is 456 g/mol. The maximum absolute atomic E-state index is 11.7. The predicted molar refractivity (Wildman–Crippen MR) is 115 cm³/mol. The van der Waals surface area contributed by atoms with Gasteiger partial charge >= 0.3 is 51.4 Å². The first-order valence-corrected chi connectivity index (χ1v) is 10.1. The standard InChI is InChI=1S/C23H19N3O3S.K/c1-23(2,21(27)28)30-22-25-18-12-15(29-3)9-11-20(18)26(22)19-10-8-14(13-24)16-6-4-5-7-17(16)19;/h4-12H,1-3H3,(H,27,28);/q;+1/p-1. The van der Waals surface area contributed by atoms with E-state index in [0.29, 0.717) is 22.0 Å². The Balaban J connectivity index is 0.00000272. The number of carboxylic acids is 1. The SMILES string of the molecule is COc1ccc2c(c1)nc(SC(C)(C)C(=O)[O-])n2-c1ccc(C#N)c2ccccc12.[K+]. The van der Waals surface area contributed by atoms with E-state index in [1.54, 1.807) is 27.0 Å². The number of aromatic nitrogens is 2. The van der Waals surface area contributed by atoms with Crippen LogP contribution < -0.4 is 61.2 Å². The summed E-state index contributed by atoms with van der Waals surface area (Å²) in [4.78, 5) is 16.4. The van der Waals surface area contributed by atoms with Crippen molar-refractivity contribution in [3.8, 4) is 17.5 Å². The third-order valence-electron chi connectivity index (χ3n) is 4.93. The number of carboxylic acid groups (broad SMARTS) is 1. The van der Waals surface area contributed by atoms with Crippen LogP contribution in [0.3, 0.4) is 0 Å². The fraction of sp³-hybridized carbons (Fsp3) is 0.174. The molecule has 1 aromatic heterocycles. The molecule has 0 spiro atoms. The van der Waals surface area contributed by atoms with E-state index >= 15 is 0 Å². The maximum Gasteiger partial charge on any atom is 1.00 e. The molecule has 0 bridgehead atoms. The van der Waals surface area contributed by atoms with Crippen molar-refractivity contribution in [1.29, 1.82) is 5.26 Å². The van der Waals surface area contributed by atoms with Gasteiger partial charge in [-0.15, -0.1) is 0 Å². The van der Waals surface area contributed by atoms with Crippen LogP contribution in [0.4, 0.5) is 0 Å². The molecule has 0 saturated heterocycles. The second-order valence-corrected chi connectivity index (χ2v) is 8.86. The van der Waals surface area contributed by atoms with Gasteiger partial charge in [-0.25, -0.2) is 4.98 Å². The zero-order valence-electron chi connectivity index (χ0n) is 17.7. The van der Waals surface area contributed by atoms with Gasteiger partial charge in [-0.2, -0.15) is 5.26 Å². The molecule has 0 unspecified atom stereocenters. The molecule has 0 fully saturated rings. The Labute approximate surface area is 226 Å². The molecule has 0 amide bonds. The molecule has 0 saturated carbocycles. The van der Waals surface area contributed by atoms with Crippen molar-refractivity contribution in [2.75, 3.05) is 7.11 Å². The van der Waals surface area contributed by atoms with Crippen LogP contribution in [0.25, 0.3) is 27.5 Å². The Bertz CT molecular complexity index is 1340. The molecular weight excluding hydrogens is 437 g/mol. The summed E-state index contributed by atoms with van der Waals surface area (Å²) in [6.45, 7) is 3.18. The number of thioether (sulfide) groups is 1. The van der Waals surface area contributed by atoms with Gasteiger partial charge in [0.15, 0.2) is 5.16 Å². The van der Waals surface area contributed by atoms with E-state index in [4.69, 9.17) is 9.72 Å². The van der Waals surface area contributed by atoms with Gasteiger partial charge in [0.2, 0.25) is 0 Å². The molecule has 8 heteroatoms. The van der Waals surface area contributed by atoms with E-state index in [2.05, 4.69) is 6.07 Å². The van der Waals surface area contributed by atoms with Crippen LogP contribution in [0.15, 0.2) is 59.8 Å². The number of methoxy groups -OCH3 is 1. The Hall–Kier alpha value is -1.86. The number of aliphatic carboxylic acids is 1. The Morgan fingerprint density at radius 3 is 2.52 bits per heavy atom. The third-order valence-corrected chi connectivity index (χ3v) is 6.06. The summed E-state index contributed by atoms with van der Waals surface area (Å²) in [5.74, 6) is -0.513. The first kappa shape index (κ1) is 23.8. The first-order valence-electron chi connectivity index (χ1n) is 9.25. The summed E-state index contributed by atoms with van der Waals surface area (Å²) in [5, 5.41) is 23.4. The number of carbonyl (C=O) groups is 1. The molecule has 6 nitrogen and oxygen atoms in total. The van der Waals surface area contributed by atoms with E-state index in [-0.39, 0.29) is 51.4 Å². The molecule has 0 N–H and O–H groups in total. The number of rotatable bonds is 5. The molecule has 3 aromatic carbocycles. The maximum atomic E-state index is 11.7. The van der Waals surface area contributed by atoms with Crippen LogP contribution in [0, 0.1) is 11.3 Å². The van der Waals surface area contributed by atoms with Crippen molar-refractivity contribution in [3.05, 3.63) is 60.2 Å². The van der Waals surface area contributed by atoms with E-state index in [1.165, 1.54) is 0 Å². The molecule has 150 valence electrons. The quantitative estimate of drug-likeness (QED) is 0.325. The van der Waals surface area contributed by atoms with Crippen molar-refractivity contribution in [3.63, 3.8) is 0 Å². The van der Waals surface area contributed by atoms with Gasteiger partial charge in [0.05, 0.1) is 46.2 Å². The molecule has 31 heavy (non-hydrogen) atoms. The number of imidazole rings is 1. The van der Waals surface area contributed by atoms with Gasteiger partial charge in [-0.3, -0.25) is 4.57 Å². The zero-order valence-corrected chi connectivity index (χ0v) is 21.6. The number of carbonyl (C=O) groups excluding carboxylic acids is 1. The molecule has 0 aliphatic carbocycles. The van der Waals surface area contributed by atoms with Gasteiger partial charge in [0.25, 0.3) is 0 Å². The molecule has 0 aliphatic rings. The number of benzene rings is 3. The second kappa shape index (κ2) is 9.33. The normalized spacial score (nSPS) is 11.2. The molecule has 0 aliphatic heterocycles. The fourth-order valence-corrected chi connectivity index (χ4v) is 4.28. The topological polar surface area (TPSA) is 91.0 Å². The minimum atomic E-state index is -1.19. The molecule has 4 rings (SSSR count). The Kier molecular flexibility index (Phi) is 7.16. The number of ether oxygens (including phenoxy) is 1. The van der Waals surface area contributed by atoms with Gasteiger partial charge in [-0.05, 0) is 38.1 Å². The number of nitriles is 1. The summed E-state index contributed by atoms with van der Waals surface area (Å²) in [6.07, 6.45) is 0. The van der Waals surface area contributed by atoms with Crippen molar-refractivity contribution in [2.45, 2.75) is 23.8 Å². The number of fused-ring (bicyclic) bond motifs is 2. The molecule has 4 aromatic rings. The molecule has 1 heterocycles. The summed E-state index contributed by atoms with van der Waals surface area (Å²) >= 11 is 1.12. The fourth-order valence-electron chi connectivity index (χ4n) is 3.31. The van der Waals surface area contributed by atoms with Crippen molar-refractivity contribution in [2.24, 2.45) is 0 Å². The van der Waals surface area contributed by atoms with E-state index in [9.17, 15) is 15.2 Å². The third kappa shape index (κ3) is 4.39. The Morgan fingerprint density at radius 2 is 1.87 bits per heavy atom.